The van der Waals surface area contributed by atoms with Crippen LogP contribution in [0.2, 0.25) is 0 Å². The predicted octanol–water partition coefficient (Wildman–Crippen LogP) is 2.93. The van der Waals surface area contributed by atoms with Gasteiger partial charge in [-0.2, -0.15) is 0 Å². The number of nitrogens with zero attached hydrogens (tertiary/aromatic N) is 1. The summed E-state index contributed by atoms with van der Waals surface area (Å²) >= 11 is 0. The predicted molar refractivity (Wildman–Crippen MR) is 64.2 cm³/mol. The van der Waals surface area contributed by atoms with Gasteiger partial charge >= 0.3 is 0 Å². The molecule has 2 aliphatic rings. The fourth-order valence-corrected chi connectivity index (χ4v) is 2.95. The molecule has 0 aromatic carbocycles. The fourth-order valence-electron chi connectivity index (χ4n) is 2.95. The number of hydrogen-bond donors (Lipinski definition) is 1. The van der Waals surface area contributed by atoms with E-state index in [0.29, 0.717) is 0 Å². The van der Waals surface area contributed by atoms with Gasteiger partial charge in [-0.1, -0.05) is 19.8 Å². The summed E-state index contributed by atoms with van der Waals surface area (Å²) in [7, 11) is 2.14. The molecule has 0 saturated heterocycles. The molecule has 1 fully saturated rings. The van der Waals surface area contributed by atoms with Crippen molar-refractivity contribution in [1.82, 2.24) is 10.4 Å². The minimum atomic E-state index is 0.825. The Morgan fingerprint density at radius 2 is 2.27 bits per heavy atom. The first-order valence-corrected chi connectivity index (χ1v) is 6.45. The summed E-state index contributed by atoms with van der Waals surface area (Å²) in [6.07, 6.45) is 10.6. The summed E-state index contributed by atoms with van der Waals surface area (Å²) in [4.78, 5) is 0. The molecule has 0 aromatic rings. The van der Waals surface area contributed by atoms with Crippen molar-refractivity contribution in [2.24, 2.45) is 11.8 Å². The van der Waals surface area contributed by atoms with Gasteiger partial charge in [0.25, 0.3) is 0 Å². The molecular weight excluding hydrogens is 184 g/mol. The van der Waals surface area contributed by atoms with E-state index in [0.717, 1.165) is 11.8 Å². The Bertz CT molecular complexity index is 235. The standard InChI is InChI=1S/C13H24N2/c1-3-11-5-4-6-12-9-14-15(2)10-13(12)8-7-11/h9,11,13-14H,3-8,10H2,1-2H3. The zero-order chi connectivity index (χ0) is 10.7. The zero-order valence-electron chi connectivity index (χ0n) is 10.1. The maximum absolute atomic E-state index is 3.33. The van der Waals surface area contributed by atoms with Crippen molar-refractivity contribution in [2.75, 3.05) is 13.6 Å². The topological polar surface area (TPSA) is 15.3 Å². The molecule has 0 bridgehead atoms. The molecule has 1 aliphatic carbocycles. The van der Waals surface area contributed by atoms with E-state index in [4.69, 9.17) is 0 Å². The molecule has 2 atom stereocenters. The molecule has 2 heteroatoms. The molecule has 0 aromatic heterocycles. The lowest BCUT2D eigenvalue weighted by molar-refractivity contribution is 0.200. The molecule has 2 rings (SSSR count). The van der Waals surface area contributed by atoms with E-state index in [1.165, 1.54) is 45.1 Å². The van der Waals surface area contributed by atoms with Gasteiger partial charge in [-0.25, -0.2) is 5.01 Å². The Kier molecular flexibility index (Phi) is 3.68. The Labute approximate surface area is 93.7 Å². The number of nitrogens with one attached hydrogen (secondary N) is 1. The van der Waals surface area contributed by atoms with Gasteiger partial charge in [-0.15, -0.1) is 0 Å². The van der Waals surface area contributed by atoms with Crippen LogP contribution in [0.3, 0.4) is 0 Å². The van der Waals surface area contributed by atoms with E-state index < -0.39 is 0 Å². The molecule has 0 radical (unpaired) electrons. The maximum atomic E-state index is 3.33. The van der Waals surface area contributed by atoms with Crippen molar-refractivity contribution < 1.29 is 0 Å². The molecule has 1 N–H and O–H groups in total. The quantitative estimate of drug-likeness (QED) is 0.713. The minimum Gasteiger partial charge on any atom is -0.326 e. The van der Waals surface area contributed by atoms with Crippen LogP contribution in [0.15, 0.2) is 11.8 Å². The van der Waals surface area contributed by atoms with Crippen molar-refractivity contribution in [2.45, 2.75) is 45.4 Å². The van der Waals surface area contributed by atoms with E-state index in [9.17, 15) is 0 Å². The van der Waals surface area contributed by atoms with Gasteiger partial charge in [0.1, 0.15) is 0 Å². The van der Waals surface area contributed by atoms with Gasteiger partial charge in [0.2, 0.25) is 0 Å². The van der Waals surface area contributed by atoms with E-state index in [2.05, 4.69) is 30.6 Å². The second kappa shape index (κ2) is 5.02. The summed E-state index contributed by atoms with van der Waals surface area (Å²) in [5, 5.41) is 2.22. The van der Waals surface area contributed by atoms with Crippen LogP contribution < -0.4 is 5.43 Å². The fraction of sp³-hybridized carbons (Fsp3) is 0.846. The van der Waals surface area contributed by atoms with Crippen molar-refractivity contribution in [1.29, 1.82) is 0 Å². The number of hydrazine groups is 1. The van der Waals surface area contributed by atoms with E-state index in [1.54, 1.807) is 5.57 Å². The lowest BCUT2D eigenvalue weighted by atomic mass is 9.81. The van der Waals surface area contributed by atoms with Gasteiger partial charge in [0, 0.05) is 19.8 Å². The van der Waals surface area contributed by atoms with E-state index in [-0.39, 0.29) is 0 Å². The van der Waals surface area contributed by atoms with Gasteiger partial charge in [0.05, 0.1) is 0 Å². The highest BCUT2D eigenvalue weighted by atomic mass is 15.5. The maximum Gasteiger partial charge on any atom is 0.0241 e. The Morgan fingerprint density at radius 3 is 3.07 bits per heavy atom. The molecule has 1 heterocycles. The van der Waals surface area contributed by atoms with Crippen molar-refractivity contribution in [3.8, 4) is 0 Å². The SMILES string of the molecule is CCC1CCCC2=CNN(C)CC2CC1. The molecule has 2 unspecified atom stereocenters. The first kappa shape index (κ1) is 11.0. The van der Waals surface area contributed by atoms with Gasteiger partial charge in [-0.3, -0.25) is 0 Å². The number of rotatable bonds is 1. The summed E-state index contributed by atoms with van der Waals surface area (Å²) in [5.41, 5.74) is 4.99. The molecule has 1 saturated carbocycles. The van der Waals surface area contributed by atoms with Crippen LogP contribution in [-0.4, -0.2) is 18.6 Å². The lowest BCUT2D eigenvalue weighted by Gasteiger charge is -2.34. The van der Waals surface area contributed by atoms with E-state index >= 15 is 0 Å². The van der Waals surface area contributed by atoms with Crippen LogP contribution >= 0.6 is 0 Å². The summed E-state index contributed by atoms with van der Waals surface area (Å²) in [5.74, 6) is 1.82. The third-order valence-corrected chi connectivity index (χ3v) is 4.07. The van der Waals surface area contributed by atoms with Crippen molar-refractivity contribution >= 4 is 0 Å². The van der Waals surface area contributed by atoms with Crippen molar-refractivity contribution in [3.05, 3.63) is 11.8 Å². The van der Waals surface area contributed by atoms with Crippen LogP contribution in [0.5, 0.6) is 0 Å². The molecular formula is C13H24N2. The number of fused-ring (bicyclic) bond motifs is 1. The normalized spacial score (nSPS) is 33.3. The molecule has 0 amide bonds. The first-order chi connectivity index (χ1) is 7.29. The second-order valence-electron chi connectivity index (χ2n) is 5.17. The highest BCUT2D eigenvalue weighted by Crippen LogP contribution is 2.32. The second-order valence-corrected chi connectivity index (χ2v) is 5.17. The van der Waals surface area contributed by atoms with Gasteiger partial charge in [0.15, 0.2) is 0 Å². The summed E-state index contributed by atoms with van der Waals surface area (Å²) in [6, 6.07) is 0. The highest BCUT2D eigenvalue weighted by molar-refractivity contribution is 5.09. The molecule has 0 spiro atoms. The van der Waals surface area contributed by atoms with Crippen LogP contribution in [0, 0.1) is 11.8 Å². The van der Waals surface area contributed by atoms with E-state index in [1.807, 2.05) is 0 Å². The van der Waals surface area contributed by atoms with Crippen LogP contribution in [0.25, 0.3) is 0 Å². The Balaban J connectivity index is 1.98. The smallest absolute Gasteiger partial charge is 0.0241 e. The lowest BCUT2D eigenvalue weighted by Crippen LogP contribution is -2.40. The highest BCUT2D eigenvalue weighted by Gasteiger charge is 2.23. The van der Waals surface area contributed by atoms with Gasteiger partial charge in [-0.05, 0) is 43.1 Å². The molecule has 2 nitrogen and oxygen atoms in total. The van der Waals surface area contributed by atoms with Crippen molar-refractivity contribution in [3.63, 3.8) is 0 Å². The van der Waals surface area contributed by atoms with Crippen LogP contribution in [-0.2, 0) is 0 Å². The van der Waals surface area contributed by atoms with Crippen LogP contribution in [0.1, 0.15) is 45.4 Å². The number of hydrogen-bond acceptors (Lipinski definition) is 2. The minimum absolute atomic E-state index is 0.825. The zero-order valence-corrected chi connectivity index (χ0v) is 10.1. The largest absolute Gasteiger partial charge is 0.326 e. The van der Waals surface area contributed by atoms with Gasteiger partial charge < -0.3 is 5.43 Å². The monoisotopic (exact) mass is 208 g/mol. The average molecular weight is 208 g/mol. The summed E-state index contributed by atoms with van der Waals surface area (Å²) in [6.45, 7) is 3.54. The Hall–Kier alpha value is -0.500. The molecule has 1 aliphatic heterocycles. The third-order valence-electron chi connectivity index (χ3n) is 4.07. The average Bonchev–Trinajstić information content (AvgIpc) is 2.21. The summed E-state index contributed by atoms with van der Waals surface area (Å²) < 4.78 is 0. The molecule has 15 heavy (non-hydrogen) atoms. The molecule has 86 valence electrons. The first-order valence-electron chi connectivity index (χ1n) is 6.45. The third kappa shape index (κ3) is 2.75. The van der Waals surface area contributed by atoms with Crippen LogP contribution in [0.4, 0.5) is 0 Å². The Morgan fingerprint density at radius 1 is 1.40 bits per heavy atom.